The van der Waals surface area contributed by atoms with Crippen LogP contribution < -0.4 is 29.6 Å². The smallest absolute Gasteiger partial charge is 1.00 e. The minimum atomic E-state index is -4.97. The molecule has 0 amide bonds. The normalized spacial score (nSPS) is 14.5. The number of rotatable bonds is 0. The van der Waals surface area contributed by atoms with E-state index in [9.17, 15) is 13.2 Å². The quantitative estimate of drug-likeness (QED) is 0.322. The fourth-order valence-electron chi connectivity index (χ4n) is 0. The molecule has 2 nitrogen and oxygen atoms in total. The molecule has 1 atom stereocenters. The number of hydrogen-bond donors (Lipinski definition) is 1. The topological polar surface area (TPSA) is 37.3 Å². The molecule has 0 bridgehead atoms. The summed E-state index contributed by atoms with van der Waals surface area (Å²) in [6.07, 6.45) is 0. The maximum Gasteiger partial charge on any atom is 1.00 e. The minimum Gasteiger partial charge on any atom is -1.00 e. The zero-order chi connectivity index (χ0) is 6.08. The Kier molecular flexibility index (Phi) is 5.60. The van der Waals surface area contributed by atoms with E-state index in [1.54, 1.807) is 0 Å². The van der Waals surface area contributed by atoms with Crippen LogP contribution in [0.5, 0.6) is 0 Å². The summed E-state index contributed by atoms with van der Waals surface area (Å²) in [5.74, 6) is 0. The molecule has 7 heteroatoms. The van der Waals surface area contributed by atoms with E-state index in [0.29, 0.717) is 0 Å². The van der Waals surface area contributed by atoms with Crippen LogP contribution in [0.3, 0.4) is 0 Å². The monoisotopic (exact) mass is 158 g/mol. The van der Waals surface area contributed by atoms with Crippen LogP contribution in [0.1, 0.15) is 1.43 Å². The van der Waals surface area contributed by atoms with Gasteiger partial charge in [-0.3, -0.25) is 4.55 Å². The Hall–Kier alpha value is 0.900. The van der Waals surface area contributed by atoms with Crippen LogP contribution in [0.4, 0.5) is 13.2 Å². The van der Waals surface area contributed by atoms with Gasteiger partial charge < -0.3 is 1.43 Å². The van der Waals surface area contributed by atoms with Crippen LogP contribution in [0.2, 0.25) is 0 Å². The predicted octanol–water partition coefficient (Wildman–Crippen LogP) is -2.16. The van der Waals surface area contributed by atoms with Gasteiger partial charge in [-0.1, -0.05) is 0 Å². The largest absolute Gasteiger partial charge is 1.00 e. The Morgan fingerprint density at radius 3 is 1.62 bits per heavy atom. The Morgan fingerprint density at radius 2 is 1.62 bits per heavy atom. The van der Waals surface area contributed by atoms with Crippen molar-refractivity contribution >= 4 is 11.1 Å². The molecule has 0 aromatic heterocycles. The van der Waals surface area contributed by atoms with Crippen molar-refractivity contribution in [1.29, 1.82) is 0 Å². The third-order valence-corrected chi connectivity index (χ3v) is 0.594. The van der Waals surface area contributed by atoms with E-state index in [1.807, 2.05) is 0 Å². The second kappa shape index (κ2) is 3.84. The molecular weight excluding hydrogens is 156 g/mol. The van der Waals surface area contributed by atoms with Crippen LogP contribution in [0.15, 0.2) is 0 Å². The first kappa shape index (κ1) is 11.7. The molecule has 0 fully saturated rings. The van der Waals surface area contributed by atoms with Gasteiger partial charge in [-0.15, -0.1) is 0 Å². The van der Waals surface area contributed by atoms with E-state index in [0.717, 1.165) is 0 Å². The average molecular weight is 158 g/mol. The molecule has 0 aromatic rings. The zero-order valence-electron chi connectivity index (χ0n) is 4.90. The molecule has 0 aliphatic heterocycles. The van der Waals surface area contributed by atoms with Gasteiger partial charge in [0.1, 0.15) is 0 Å². The number of halogens is 3. The van der Waals surface area contributed by atoms with Gasteiger partial charge in [0.25, 0.3) is 11.1 Å². The van der Waals surface area contributed by atoms with Crippen molar-refractivity contribution in [3.8, 4) is 0 Å². The van der Waals surface area contributed by atoms with Crippen molar-refractivity contribution in [2.45, 2.75) is 5.51 Å². The zero-order valence-corrected chi connectivity index (χ0v) is 6.71. The Labute approximate surface area is 69.5 Å². The van der Waals surface area contributed by atoms with Gasteiger partial charge in [-0.05, 0) is 0 Å². The molecule has 0 aliphatic carbocycles. The van der Waals surface area contributed by atoms with Crippen molar-refractivity contribution in [3.05, 3.63) is 0 Å². The third kappa shape index (κ3) is 5.04. The van der Waals surface area contributed by atoms with Gasteiger partial charge in [0.05, 0.1) is 0 Å². The summed E-state index contributed by atoms with van der Waals surface area (Å²) < 4.78 is 48.1. The molecule has 0 aliphatic rings. The maximum absolute atomic E-state index is 10.6. The molecule has 46 valence electrons. The standard InChI is InChI=1S/CHF3O2S.Na.H/c2-1(3,4)7(5)6;;/h(H,5,6);;/q;+1;-1. The van der Waals surface area contributed by atoms with Crippen molar-refractivity contribution in [1.82, 2.24) is 0 Å². The van der Waals surface area contributed by atoms with Crippen LogP contribution in [-0.4, -0.2) is 14.3 Å². The molecule has 8 heavy (non-hydrogen) atoms. The number of alkyl halides is 3. The predicted molar refractivity (Wildman–Crippen MR) is 17.9 cm³/mol. The van der Waals surface area contributed by atoms with Crippen LogP contribution in [0.25, 0.3) is 0 Å². The molecule has 0 saturated carbocycles. The summed E-state index contributed by atoms with van der Waals surface area (Å²) >= 11 is -3.68. The summed E-state index contributed by atoms with van der Waals surface area (Å²) in [5.41, 5.74) is -4.97. The van der Waals surface area contributed by atoms with Gasteiger partial charge in [-0.25, -0.2) is 4.21 Å². The van der Waals surface area contributed by atoms with Crippen LogP contribution in [0, 0.1) is 0 Å². The molecule has 0 rings (SSSR count). The third-order valence-electron chi connectivity index (χ3n) is 0.198. The SMILES string of the molecule is O=S(O)C(F)(F)F.[H-].[Na+]. The van der Waals surface area contributed by atoms with Gasteiger partial charge in [0.2, 0.25) is 0 Å². The van der Waals surface area contributed by atoms with E-state index in [-0.39, 0.29) is 31.0 Å². The summed E-state index contributed by atoms with van der Waals surface area (Å²) in [6, 6.07) is 0. The van der Waals surface area contributed by atoms with Gasteiger partial charge >= 0.3 is 35.1 Å². The second-order valence-electron chi connectivity index (χ2n) is 0.695. The average Bonchev–Trinajstić information content (AvgIpc) is 1.31. The van der Waals surface area contributed by atoms with Gasteiger partial charge in [-0.2, -0.15) is 13.2 Å². The minimum absolute atomic E-state index is 0. The molecule has 0 spiro atoms. The van der Waals surface area contributed by atoms with Crippen molar-refractivity contribution in [3.63, 3.8) is 0 Å². The van der Waals surface area contributed by atoms with Gasteiger partial charge in [0.15, 0.2) is 0 Å². The molecule has 0 heterocycles. The summed E-state index contributed by atoms with van der Waals surface area (Å²) in [6.45, 7) is 0. The van der Waals surface area contributed by atoms with Crippen LogP contribution >= 0.6 is 0 Å². The molecule has 0 radical (unpaired) electrons. The van der Waals surface area contributed by atoms with Crippen molar-refractivity contribution in [2.24, 2.45) is 0 Å². The summed E-state index contributed by atoms with van der Waals surface area (Å²) in [5, 5.41) is 0. The molecule has 0 aromatic carbocycles. The summed E-state index contributed by atoms with van der Waals surface area (Å²) in [4.78, 5) is 0. The van der Waals surface area contributed by atoms with Gasteiger partial charge in [0, 0.05) is 0 Å². The van der Waals surface area contributed by atoms with Crippen LogP contribution in [-0.2, 0) is 11.1 Å². The number of hydrogen-bond acceptors (Lipinski definition) is 1. The second-order valence-corrected chi connectivity index (χ2v) is 1.66. The molecule has 1 unspecified atom stereocenters. The fourth-order valence-corrected chi connectivity index (χ4v) is 0. The Balaban J connectivity index is -0.000000180. The van der Waals surface area contributed by atoms with E-state index in [1.165, 1.54) is 0 Å². The first-order chi connectivity index (χ1) is 2.94. The van der Waals surface area contributed by atoms with Crippen molar-refractivity contribution in [2.75, 3.05) is 0 Å². The Morgan fingerprint density at radius 1 is 1.50 bits per heavy atom. The fraction of sp³-hybridized carbons (Fsp3) is 1.00. The van der Waals surface area contributed by atoms with E-state index in [4.69, 9.17) is 8.76 Å². The van der Waals surface area contributed by atoms with E-state index in [2.05, 4.69) is 0 Å². The Bertz CT molecular complexity index is 94.3. The molecular formula is CH2F3NaO2S. The molecule has 1 N–H and O–H groups in total. The van der Waals surface area contributed by atoms with E-state index < -0.39 is 16.6 Å². The van der Waals surface area contributed by atoms with Crippen molar-refractivity contribution < 1.29 is 52.9 Å². The first-order valence-electron chi connectivity index (χ1n) is 1.12. The maximum atomic E-state index is 10.6. The summed E-state index contributed by atoms with van der Waals surface area (Å²) in [7, 11) is 0. The van der Waals surface area contributed by atoms with E-state index >= 15 is 0 Å². The molecule has 0 saturated heterocycles. The first-order valence-corrected chi connectivity index (χ1v) is 2.23.